The molecule has 1 heterocycles. The lowest BCUT2D eigenvalue weighted by molar-refractivity contribution is -0.141. The maximum absolute atomic E-state index is 13.1. The lowest BCUT2D eigenvalue weighted by Crippen LogP contribution is -2.43. The van der Waals surface area contributed by atoms with Crippen LogP contribution in [0.3, 0.4) is 0 Å². The predicted octanol–water partition coefficient (Wildman–Crippen LogP) is 4.21. The van der Waals surface area contributed by atoms with Crippen molar-refractivity contribution in [3.8, 4) is 0 Å². The van der Waals surface area contributed by atoms with Gasteiger partial charge in [-0.15, -0.1) is 0 Å². The van der Waals surface area contributed by atoms with Gasteiger partial charge in [0.2, 0.25) is 5.91 Å². The molecule has 1 aromatic carbocycles. The first-order chi connectivity index (χ1) is 10.5. The third-order valence-corrected chi connectivity index (χ3v) is 4.97. The van der Waals surface area contributed by atoms with Crippen molar-refractivity contribution in [2.45, 2.75) is 44.2 Å². The van der Waals surface area contributed by atoms with Gasteiger partial charge < -0.3 is 4.90 Å². The topological polar surface area (TPSA) is 20.3 Å². The van der Waals surface area contributed by atoms with Crippen LogP contribution < -0.4 is 0 Å². The smallest absolute Gasteiger partial charge is 0.342 e. The molecule has 0 N–H and O–H groups in total. The zero-order valence-electron chi connectivity index (χ0n) is 12.4. The first-order valence-corrected chi connectivity index (χ1v) is 7.91. The predicted molar refractivity (Wildman–Crippen MR) is 77.3 cm³/mol. The van der Waals surface area contributed by atoms with Crippen LogP contribution in [0.4, 0.5) is 13.2 Å². The monoisotopic (exact) mass is 311 g/mol. The number of carbonyl (C=O) groups excluding carboxylic acids is 1. The Morgan fingerprint density at radius 3 is 2.23 bits per heavy atom. The van der Waals surface area contributed by atoms with Crippen LogP contribution in [-0.4, -0.2) is 23.9 Å². The van der Waals surface area contributed by atoms with Crippen molar-refractivity contribution in [1.29, 1.82) is 0 Å². The molecule has 3 rings (SSSR count). The number of hydrogen-bond donors (Lipinski definition) is 0. The summed E-state index contributed by atoms with van der Waals surface area (Å²) in [4.78, 5) is 14.0. The number of nitrogens with zero attached hydrogens (tertiary/aromatic N) is 1. The third-order valence-electron chi connectivity index (χ3n) is 4.97. The van der Waals surface area contributed by atoms with Crippen LogP contribution in [0, 0.1) is 5.92 Å². The molecule has 22 heavy (non-hydrogen) atoms. The van der Waals surface area contributed by atoms with E-state index in [1.165, 1.54) is 6.07 Å². The summed E-state index contributed by atoms with van der Waals surface area (Å²) >= 11 is 0. The summed E-state index contributed by atoms with van der Waals surface area (Å²) in [6.07, 6.45) is -0.0241. The molecule has 0 spiro atoms. The summed E-state index contributed by atoms with van der Waals surface area (Å²) in [6.45, 7) is 1.15. The average molecular weight is 311 g/mol. The van der Waals surface area contributed by atoms with E-state index in [2.05, 4.69) is 0 Å². The molecule has 2 nitrogen and oxygen atoms in total. The van der Waals surface area contributed by atoms with E-state index in [9.17, 15) is 18.0 Å². The van der Waals surface area contributed by atoms with Crippen molar-refractivity contribution in [3.63, 3.8) is 0 Å². The number of piperidine rings is 1. The molecule has 0 radical (unpaired) electrons. The number of rotatable bonds is 2. The molecular weight excluding hydrogens is 291 g/mol. The van der Waals surface area contributed by atoms with E-state index >= 15 is 0 Å². The Bertz CT molecular complexity index is 543. The summed E-state index contributed by atoms with van der Waals surface area (Å²) in [5.41, 5.74) is -0.149. The Morgan fingerprint density at radius 1 is 1.05 bits per heavy atom. The molecule has 5 heteroatoms. The van der Waals surface area contributed by atoms with Crippen LogP contribution in [0.1, 0.15) is 49.1 Å². The molecule has 2 aliphatic rings. The fourth-order valence-electron chi connectivity index (χ4n) is 3.44. The number of halogens is 3. The second-order valence-corrected chi connectivity index (χ2v) is 6.31. The van der Waals surface area contributed by atoms with Crippen molar-refractivity contribution in [3.05, 3.63) is 35.4 Å². The number of alkyl halides is 3. The Labute approximate surface area is 128 Å². The first kappa shape index (κ1) is 15.4. The minimum absolute atomic E-state index is 0.108. The van der Waals surface area contributed by atoms with Gasteiger partial charge in [-0.3, -0.25) is 4.79 Å². The second kappa shape index (κ2) is 5.94. The number of hydrogen-bond acceptors (Lipinski definition) is 1. The van der Waals surface area contributed by atoms with Gasteiger partial charge in [0.15, 0.2) is 0 Å². The van der Waals surface area contributed by atoms with Gasteiger partial charge in [-0.2, -0.15) is 13.2 Å². The lowest BCUT2D eigenvalue weighted by atomic mass is 9.82. The zero-order chi connectivity index (χ0) is 15.7. The van der Waals surface area contributed by atoms with E-state index in [-0.39, 0.29) is 17.7 Å². The second-order valence-electron chi connectivity index (χ2n) is 6.31. The fraction of sp³-hybridized carbons (Fsp3) is 0.588. The van der Waals surface area contributed by atoms with Gasteiger partial charge in [0.25, 0.3) is 0 Å². The molecule has 2 fully saturated rings. The third kappa shape index (κ3) is 2.99. The molecular formula is C17H20F3NO. The largest absolute Gasteiger partial charge is 0.416 e. The van der Waals surface area contributed by atoms with Crippen LogP contribution in [0.15, 0.2) is 24.3 Å². The Kier molecular flexibility index (Phi) is 4.15. The van der Waals surface area contributed by atoms with Crippen LogP contribution in [0.2, 0.25) is 0 Å². The van der Waals surface area contributed by atoms with Crippen molar-refractivity contribution in [1.82, 2.24) is 4.90 Å². The molecule has 0 aromatic heterocycles. The minimum atomic E-state index is -4.31. The van der Waals surface area contributed by atoms with Crippen molar-refractivity contribution in [2.24, 2.45) is 5.92 Å². The summed E-state index contributed by atoms with van der Waals surface area (Å²) in [5.74, 6) is 0.260. The number of amides is 1. The Hall–Kier alpha value is -1.52. The molecule has 0 atom stereocenters. The van der Waals surface area contributed by atoms with Gasteiger partial charge in [-0.05, 0) is 43.2 Å². The molecule has 120 valence electrons. The van der Waals surface area contributed by atoms with Gasteiger partial charge in [0, 0.05) is 19.0 Å². The van der Waals surface area contributed by atoms with Gasteiger partial charge >= 0.3 is 6.18 Å². The Morgan fingerprint density at radius 2 is 1.68 bits per heavy atom. The highest BCUT2D eigenvalue weighted by Crippen LogP contribution is 2.39. The quantitative estimate of drug-likeness (QED) is 0.801. The molecule has 1 aliphatic heterocycles. The standard InChI is InChI=1S/C17H20F3NO/c18-17(19,20)15-7-2-1-6-14(15)12-8-10-21(11-9-12)16(22)13-4-3-5-13/h1-2,6-7,12-13H,3-5,8-11H2. The fourth-order valence-corrected chi connectivity index (χ4v) is 3.44. The highest BCUT2D eigenvalue weighted by molar-refractivity contribution is 5.79. The molecule has 0 unspecified atom stereocenters. The highest BCUT2D eigenvalue weighted by atomic mass is 19.4. The molecule has 1 aromatic rings. The molecule has 1 saturated heterocycles. The molecule has 1 saturated carbocycles. The maximum Gasteiger partial charge on any atom is 0.416 e. The summed E-state index contributed by atoms with van der Waals surface area (Å²) in [7, 11) is 0. The molecule has 0 bridgehead atoms. The maximum atomic E-state index is 13.1. The minimum Gasteiger partial charge on any atom is -0.342 e. The van der Waals surface area contributed by atoms with Gasteiger partial charge in [-0.1, -0.05) is 24.6 Å². The lowest BCUT2D eigenvalue weighted by Gasteiger charge is -2.37. The SMILES string of the molecule is O=C(C1CCC1)N1CCC(c2ccccc2C(F)(F)F)CC1. The molecule has 1 aliphatic carbocycles. The number of benzene rings is 1. The summed E-state index contributed by atoms with van der Waals surface area (Å²) in [5, 5.41) is 0. The van der Waals surface area contributed by atoms with Crippen molar-refractivity contribution < 1.29 is 18.0 Å². The normalized spacial score (nSPS) is 20.8. The van der Waals surface area contributed by atoms with Gasteiger partial charge in [-0.25, -0.2) is 0 Å². The zero-order valence-corrected chi connectivity index (χ0v) is 12.4. The molecule has 1 amide bonds. The number of likely N-dealkylation sites (tertiary alicyclic amines) is 1. The van der Waals surface area contributed by atoms with Gasteiger partial charge in [0.05, 0.1) is 5.56 Å². The van der Waals surface area contributed by atoms with Crippen LogP contribution >= 0.6 is 0 Å². The van der Waals surface area contributed by atoms with Crippen LogP contribution in [-0.2, 0) is 11.0 Å². The summed E-state index contributed by atoms with van der Waals surface area (Å²) in [6, 6.07) is 5.83. The van der Waals surface area contributed by atoms with E-state index in [1.807, 2.05) is 4.90 Å². The Balaban J connectivity index is 1.68. The van der Waals surface area contributed by atoms with Crippen LogP contribution in [0.5, 0.6) is 0 Å². The number of carbonyl (C=O) groups is 1. The van der Waals surface area contributed by atoms with Crippen LogP contribution in [0.25, 0.3) is 0 Å². The van der Waals surface area contributed by atoms with E-state index in [0.717, 1.165) is 25.3 Å². The summed E-state index contributed by atoms with van der Waals surface area (Å²) < 4.78 is 39.3. The van der Waals surface area contributed by atoms with E-state index in [4.69, 9.17) is 0 Å². The van der Waals surface area contributed by atoms with E-state index in [0.29, 0.717) is 31.5 Å². The van der Waals surface area contributed by atoms with Crippen molar-refractivity contribution >= 4 is 5.91 Å². The average Bonchev–Trinajstić information content (AvgIpc) is 2.45. The van der Waals surface area contributed by atoms with Gasteiger partial charge in [0.1, 0.15) is 0 Å². The highest BCUT2D eigenvalue weighted by Gasteiger charge is 2.37. The van der Waals surface area contributed by atoms with E-state index < -0.39 is 11.7 Å². The first-order valence-electron chi connectivity index (χ1n) is 7.91. The van der Waals surface area contributed by atoms with Crippen molar-refractivity contribution in [2.75, 3.05) is 13.1 Å². The van der Waals surface area contributed by atoms with E-state index in [1.54, 1.807) is 12.1 Å².